The molecule has 1 saturated heterocycles. The van der Waals surface area contributed by atoms with E-state index in [0.717, 1.165) is 0 Å². The van der Waals surface area contributed by atoms with E-state index in [4.69, 9.17) is 0 Å². The quantitative estimate of drug-likeness (QED) is 0.795. The number of rotatable bonds is 6. The highest BCUT2D eigenvalue weighted by atomic mass is 19.1. The van der Waals surface area contributed by atoms with Crippen molar-refractivity contribution in [2.45, 2.75) is 39.7 Å². The van der Waals surface area contributed by atoms with Crippen molar-refractivity contribution in [1.29, 1.82) is 0 Å². The van der Waals surface area contributed by atoms with E-state index in [1.54, 1.807) is 4.90 Å². The van der Waals surface area contributed by atoms with Crippen LogP contribution in [0.25, 0.3) is 0 Å². The van der Waals surface area contributed by atoms with Gasteiger partial charge < -0.3 is 15.5 Å². The van der Waals surface area contributed by atoms with E-state index in [2.05, 4.69) is 10.6 Å². The second kappa shape index (κ2) is 9.48. The highest BCUT2D eigenvalue weighted by molar-refractivity contribution is 5.97. The Hall–Kier alpha value is -2.44. The molecule has 6 nitrogen and oxygen atoms in total. The van der Waals surface area contributed by atoms with Crippen molar-refractivity contribution in [2.24, 2.45) is 11.8 Å². The molecule has 0 radical (unpaired) electrons. The Morgan fingerprint density at radius 2 is 1.74 bits per heavy atom. The number of hydrogen-bond acceptors (Lipinski definition) is 3. The predicted molar refractivity (Wildman–Crippen MR) is 100 cm³/mol. The number of carbonyl (C=O) groups excluding carboxylic acids is 3. The number of carbonyl (C=O) groups is 3. The molecular weight excluding hydrogens is 349 g/mol. The molecule has 1 heterocycles. The van der Waals surface area contributed by atoms with Crippen molar-refractivity contribution in [3.8, 4) is 0 Å². The minimum Gasteiger partial charge on any atom is -0.354 e. The van der Waals surface area contributed by atoms with E-state index in [0.29, 0.717) is 44.0 Å². The van der Waals surface area contributed by atoms with Crippen molar-refractivity contribution in [3.63, 3.8) is 0 Å². The summed E-state index contributed by atoms with van der Waals surface area (Å²) in [6.45, 7) is 7.19. The third kappa shape index (κ3) is 6.05. The molecule has 1 aliphatic rings. The van der Waals surface area contributed by atoms with Crippen molar-refractivity contribution in [1.82, 2.24) is 15.5 Å². The van der Waals surface area contributed by atoms with E-state index >= 15 is 0 Å². The largest absolute Gasteiger partial charge is 0.354 e. The zero-order valence-electron chi connectivity index (χ0n) is 16.1. The van der Waals surface area contributed by atoms with Crippen molar-refractivity contribution < 1.29 is 18.8 Å². The summed E-state index contributed by atoms with van der Waals surface area (Å²) in [6.07, 6.45) is 1.28. The van der Waals surface area contributed by atoms with Gasteiger partial charge in [0.2, 0.25) is 11.8 Å². The summed E-state index contributed by atoms with van der Waals surface area (Å²) in [7, 11) is 0. The topological polar surface area (TPSA) is 78.5 Å². The van der Waals surface area contributed by atoms with Crippen LogP contribution in [0, 0.1) is 17.7 Å². The summed E-state index contributed by atoms with van der Waals surface area (Å²) in [5, 5.41) is 5.70. The fraction of sp³-hybridized carbons (Fsp3) is 0.550. The van der Waals surface area contributed by atoms with Crippen molar-refractivity contribution in [3.05, 3.63) is 35.6 Å². The second-order valence-corrected chi connectivity index (χ2v) is 7.44. The molecular formula is C20H28FN3O3. The summed E-state index contributed by atoms with van der Waals surface area (Å²) in [5.41, 5.74) is 0.305. The third-order valence-electron chi connectivity index (χ3n) is 4.82. The molecule has 0 saturated carbocycles. The predicted octanol–water partition coefficient (Wildman–Crippen LogP) is 1.95. The molecule has 3 amide bonds. The molecule has 1 aliphatic heterocycles. The number of halogens is 1. The lowest BCUT2D eigenvalue weighted by Gasteiger charge is -2.35. The molecule has 1 fully saturated rings. The summed E-state index contributed by atoms with van der Waals surface area (Å²) in [4.78, 5) is 38.5. The molecule has 27 heavy (non-hydrogen) atoms. The van der Waals surface area contributed by atoms with Gasteiger partial charge in [-0.1, -0.05) is 13.8 Å². The van der Waals surface area contributed by atoms with Crippen molar-refractivity contribution in [2.75, 3.05) is 19.6 Å². The van der Waals surface area contributed by atoms with Crippen LogP contribution >= 0.6 is 0 Å². The Bertz CT molecular complexity index is 668. The van der Waals surface area contributed by atoms with E-state index < -0.39 is 17.8 Å². The lowest BCUT2D eigenvalue weighted by molar-refractivity contribution is -0.130. The Balaban J connectivity index is 2.09. The Morgan fingerprint density at radius 3 is 2.26 bits per heavy atom. The molecule has 2 rings (SSSR count). The van der Waals surface area contributed by atoms with Crippen LogP contribution in [0.4, 0.5) is 4.39 Å². The maximum atomic E-state index is 13.1. The van der Waals surface area contributed by atoms with Crippen LogP contribution in [-0.2, 0) is 9.59 Å². The first-order chi connectivity index (χ1) is 12.8. The van der Waals surface area contributed by atoms with Gasteiger partial charge in [0, 0.05) is 32.1 Å². The van der Waals surface area contributed by atoms with Gasteiger partial charge in [-0.15, -0.1) is 0 Å². The second-order valence-electron chi connectivity index (χ2n) is 7.44. The van der Waals surface area contributed by atoms with Crippen LogP contribution in [0.15, 0.2) is 24.3 Å². The molecule has 2 N–H and O–H groups in total. The zero-order valence-corrected chi connectivity index (χ0v) is 16.1. The minimum absolute atomic E-state index is 0.0182. The fourth-order valence-electron chi connectivity index (χ4n) is 3.19. The smallest absolute Gasteiger partial charge is 0.251 e. The van der Waals surface area contributed by atoms with Gasteiger partial charge in [0.15, 0.2) is 0 Å². The van der Waals surface area contributed by atoms with E-state index in [-0.39, 0.29) is 17.7 Å². The third-order valence-corrected chi connectivity index (χ3v) is 4.82. The normalized spacial score (nSPS) is 16.1. The SMILES string of the molecule is CC(=O)N1CCC([C@@H](NC(=O)c2ccc(F)cc2)C(=O)NCC(C)C)CC1. The van der Waals surface area contributed by atoms with Gasteiger partial charge in [-0.05, 0) is 48.9 Å². The van der Waals surface area contributed by atoms with Gasteiger partial charge in [0.1, 0.15) is 11.9 Å². The molecule has 0 aromatic heterocycles. The summed E-state index contributed by atoms with van der Waals surface area (Å²) < 4.78 is 13.1. The fourth-order valence-corrected chi connectivity index (χ4v) is 3.19. The number of piperidine rings is 1. The average Bonchev–Trinajstić information content (AvgIpc) is 2.64. The van der Waals surface area contributed by atoms with Crippen LogP contribution in [0.3, 0.4) is 0 Å². The average molecular weight is 377 g/mol. The lowest BCUT2D eigenvalue weighted by atomic mass is 9.88. The van der Waals surface area contributed by atoms with Crippen molar-refractivity contribution >= 4 is 17.7 Å². The number of nitrogens with one attached hydrogen (secondary N) is 2. The summed E-state index contributed by atoms with van der Waals surface area (Å²) in [5.74, 6) is -0.799. The summed E-state index contributed by atoms with van der Waals surface area (Å²) >= 11 is 0. The van der Waals surface area contributed by atoms with Crippen LogP contribution < -0.4 is 10.6 Å². The maximum Gasteiger partial charge on any atom is 0.251 e. The highest BCUT2D eigenvalue weighted by Gasteiger charge is 2.33. The molecule has 148 valence electrons. The van der Waals surface area contributed by atoms with E-state index in [1.807, 2.05) is 13.8 Å². The van der Waals surface area contributed by atoms with Gasteiger partial charge >= 0.3 is 0 Å². The lowest BCUT2D eigenvalue weighted by Crippen LogP contribution is -2.54. The molecule has 1 atom stereocenters. The van der Waals surface area contributed by atoms with Crippen LogP contribution in [0.1, 0.15) is 44.0 Å². The van der Waals surface area contributed by atoms with Crippen LogP contribution in [-0.4, -0.2) is 48.3 Å². The van der Waals surface area contributed by atoms with Gasteiger partial charge in [-0.3, -0.25) is 14.4 Å². The maximum absolute atomic E-state index is 13.1. The van der Waals surface area contributed by atoms with Gasteiger partial charge in [0.05, 0.1) is 0 Å². The van der Waals surface area contributed by atoms with Gasteiger partial charge in [-0.25, -0.2) is 4.39 Å². The molecule has 0 aliphatic carbocycles. The monoisotopic (exact) mass is 377 g/mol. The minimum atomic E-state index is -0.685. The highest BCUT2D eigenvalue weighted by Crippen LogP contribution is 2.22. The Labute approximate surface area is 159 Å². The molecule has 0 bridgehead atoms. The first kappa shape index (κ1) is 20.9. The van der Waals surface area contributed by atoms with Gasteiger partial charge in [0.25, 0.3) is 5.91 Å². The first-order valence-electron chi connectivity index (χ1n) is 9.37. The molecule has 7 heteroatoms. The number of hydrogen-bond donors (Lipinski definition) is 2. The number of likely N-dealkylation sites (tertiary alicyclic amines) is 1. The number of benzene rings is 1. The van der Waals surface area contributed by atoms with E-state index in [9.17, 15) is 18.8 Å². The first-order valence-corrected chi connectivity index (χ1v) is 9.37. The van der Waals surface area contributed by atoms with Gasteiger partial charge in [-0.2, -0.15) is 0 Å². The molecule has 0 unspecified atom stereocenters. The number of amides is 3. The van der Waals surface area contributed by atoms with E-state index in [1.165, 1.54) is 31.2 Å². The van der Waals surface area contributed by atoms with Crippen LogP contribution in [0.5, 0.6) is 0 Å². The number of nitrogens with zero attached hydrogens (tertiary/aromatic N) is 1. The zero-order chi connectivity index (χ0) is 20.0. The summed E-state index contributed by atoms with van der Waals surface area (Å²) in [6, 6.07) is 4.54. The Kier molecular flexibility index (Phi) is 7.33. The van der Waals surface area contributed by atoms with Crippen LogP contribution in [0.2, 0.25) is 0 Å². The molecule has 1 aromatic rings. The molecule has 0 spiro atoms. The molecule has 1 aromatic carbocycles. The standard InChI is InChI=1S/C20H28FN3O3/c1-13(2)12-22-20(27)18(15-8-10-24(11-9-15)14(3)25)23-19(26)16-4-6-17(21)7-5-16/h4-7,13,15,18H,8-12H2,1-3H3,(H,22,27)(H,23,26)/t18-/m1/s1. The Morgan fingerprint density at radius 1 is 1.15 bits per heavy atom.